The molecule has 0 saturated carbocycles. The number of amides is 1. The molecule has 0 atom stereocenters. The fourth-order valence-corrected chi connectivity index (χ4v) is 4.27. The molecule has 0 saturated heterocycles. The maximum absolute atomic E-state index is 12.3. The standard InChI is InChI=1S/C18H27NO3S/c1-3-5-6-7-12-15(20)19-17-16(18(21)22-4-2)13-10-8-9-11-14(13)23-17/h3-12H2,1-2H3,(H,19,20). The van der Waals surface area contributed by atoms with Gasteiger partial charge in [-0.2, -0.15) is 0 Å². The maximum Gasteiger partial charge on any atom is 0.341 e. The number of ether oxygens (including phenoxy) is 1. The topological polar surface area (TPSA) is 55.4 Å². The number of fused-ring (bicyclic) bond motifs is 1. The molecule has 1 heterocycles. The van der Waals surface area contributed by atoms with E-state index in [9.17, 15) is 9.59 Å². The molecule has 1 aromatic heterocycles. The molecule has 4 nitrogen and oxygen atoms in total. The fraction of sp³-hybridized carbons (Fsp3) is 0.667. The van der Waals surface area contributed by atoms with Gasteiger partial charge in [-0.1, -0.05) is 26.2 Å². The third kappa shape index (κ3) is 4.80. The minimum Gasteiger partial charge on any atom is -0.462 e. The first-order chi connectivity index (χ1) is 11.2. The highest BCUT2D eigenvalue weighted by Gasteiger charge is 2.27. The van der Waals surface area contributed by atoms with Crippen LogP contribution >= 0.6 is 11.3 Å². The Morgan fingerprint density at radius 2 is 1.91 bits per heavy atom. The second-order valence-corrected chi connectivity index (χ2v) is 7.10. The van der Waals surface area contributed by atoms with Gasteiger partial charge in [-0.05, 0) is 44.6 Å². The summed E-state index contributed by atoms with van der Waals surface area (Å²) in [5, 5.41) is 3.65. The Bertz CT molecular complexity index is 551. The SMILES string of the molecule is CCCCCCC(=O)Nc1sc2c(c1C(=O)OCC)CCCC2. The van der Waals surface area contributed by atoms with Gasteiger partial charge < -0.3 is 10.1 Å². The van der Waals surface area contributed by atoms with Crippen LogP contribution in [0.2, 0.25) is 0 Å². The van der Waals surface area contributed by atoms with Crippen LogP contribution in [-0.4, -0.2) is 18.5 Å². The van der Waals surface area contributed by atoms with Crippen molar-refractivity contribution in [2.75, 3.05) is 11.9 Å². The van der Waals surface area contributed by atoms with Crippen molar-refractivity contribution in [3.05, 3.63) is 16.0 Å². The second-order valence-electron chi connectivity index (χ2n) is 5.99. The highest BCUT2D eigenvalue weighted by molar-refractivity contribution is 7.17. The van der Waals surface area contributed by atoms with Crippen LogP contribution < -0.4 is 5.32 Å². The van der Waals surface area contributed by atoms with Gasteiger partial charge in [0.1, 0.15) is 5.00 Å². The molecule has 1 aromatic rings. The lowest BCUT2D eigenvalue weighted by Crippen LogP contribution is -2.15. The number of nitrogens with one attached hydrogen (secondary N) is 1. The number of carbonyl (C=O) groups excluding carboxylic acids is 2. The van der Waals surface area contributed by atoms with Crippen molar-refractivity contribution < 1.29 is 14.3 Å². The van der Waals surface area contributed by atoms with Gasteiger partial charge >= 0.3 is 5.97 Å². The Hall–Kier alpha value is -1.36. The van der Waals surface area contributed by atoms with E-state index in [1.165, 1.54) is 4.88 Å². The van der Waals surface area contributed by atoms with Crippen LogP contribution in [0, 0.1) is 0 Å². The Morgan fingerprint density at radius 1 is 1.13 bits per heavy atom. The summed E-state index contributed by atoms with van der Waals surface area (Å²) in [6, 6.07) is 0. The lowest BCUT2D eigenvalue weighted by molar-refractivity contribution is -0.116. The number of carbonyl (C=O) groups is 2. The van der Waals surface area contributed by atoms with Gasteiger partial charge in [0.15, 0.2) is 0 Å². The second kappa shape index (κ2) is 9.06. The van der Waals surface area contributed by atoms with Crippen molar-refractivity contribution in [1.29, 1.82) is 0 Å². The van der Waals surface area contributed by atoms with E-state index in [2.05, 4.69) is 12.2 Å². The molecule has 2 rings (SSSR count). The van der Waals surface area contributed by atoms with E-state index >= 15 is 0 Å². The number of esters is 1. The Kier molecular flexibility index (Phi) is 7.09. The molecule has 1 N–H and O–H groups in total. The average molecular weight is 337 g/mol. The van der Waals surface area contributed by atoms with E-state index in [0.717, 1.165) is 56.9 Å². The third-order valence-electron chi connectivity index (χ3n) is 4.16. The summed E-state index contributed by atoms with van der Waals surface area (Å²) in [6.45, 7) is 4.32. The highest BCUT2D eigenvalue weighted by atomic mass is 32.1. The summed E-state index contributed by atoms with van der Waals surface area (Å²) in [7, 11) is 0. The number of unbranched alkanes of at least 4 members (excludes halogenated alkanes) is 3. The Labute approximate surface area is 142 Å². The summed E-state index contributed by atoms with van der Waals surface area (Å²) in [5.74, 6) is -0.293. The largest absolute Gasteiger partial charge is 0.462 e. The molecular formula is C18H27NO3S. The van der Waals surface area contributed by atoms with Gasteiger partial charge in [-0.25, -0.2) is 4.79 Å². The molecule has 0 fully saturated rings. The number of hydrogen-bond acceptors (Lipinski definition) is 4. The van der Waals surface area contributed by atoms with Crippen LogP contribution in [0.3, 0.4) is 0 Å². The van der Waals surface area contributed by atoms with Crippen LogP contribution in [0.15, 0.2) is 0 Å². The van der Waals surface area contributed by atoms with Crippen LogP contribution in [0.4, 0.5) is 5.00 Å². The lowest BCUT2D eigenvalue weighted by atomic mass is 9.95. The minimum atomic E-state index is -0.298. The molecule has 23 heavy (non-hydrogen) atoms. The Balaban J connectivity index is 2.09. The lowest BCUT2D eigenvalue weighted by Gasteiger charge is -2.12. The van der Waals surface area contributed by atoms with Crippen molar-refractivity contribution in [2.45, 2.75) is 71.6 Å². The summed E-state index contributed by atoms with van der Waals surface area (Å²) in [6.07, 6.45) is 8.98. The summed E-state index contributed by atoms with van der Waals surface area (Å²) in [4.78, 5) is 25.7. The number of rotatable bonds is 8. The van der Waals surface area contributed by atoms with Crippen molar-refractivity contribution >= 4 is 28.2 Å². The van der Waals surface area contributed by atoms with E-state index in [4.69, 9.17) is 4.74 Å². The zero-order valence-corrected chi connectivity index (χ0v) is 15.0. The van der Waals surface area contributed by atoms with Crippen LogP contribution in [0.1, 0.15) is 79.6 Å². The molecule has 5 heteroatoms. The smallest absolute Gasteiger partial charge is 0.341 e. The molecule has 0 aromatic carbocycles. The van der Waals surface area contributed by atoms with Crippen LogP contribution in [-0.2, 0) is 22.4 Å². The molecule has 1 aliphatic carbocycles. The third-order valence-corrected chi connectivity index (χ3v) is 5.37. The predicted molar refractivity (Wildman–Crippen MR) is 94.3 cm³/mol. The van der Waals surface area contributed by atoms with Gasteiger partial charge in [-0.15, -0.1) is 11.3 Å². The molecular weight excluding hydrogens is 310 g/mol. The van der Waals surface area contributed by atoms with Gasteiger partial charge in [0.05, 0.1) is 12.2 Å². The molecule has 1 amide bonds. The normalized spacial score (nSPS) is 13.5. The molecule has 1 aliphatic rings. The van der Waals surface area contributed by atoms with Crippen molar-refractivity contribution in [3.63, 3.8) is 0 Å². The zero-order chi connectivity index (χ0) is 16.7. The van der Waals surface area contributed by atoms with Crippen LogP contribution in [0.5, 0.6) is 0 Å². The first-order valence-corrected chi connectivity index (χ1v) is 9.60. The summed E-state index contributed by atoms with van der Waals surface area (Å²) in [5.41, 5.74) is 1.70. The van der Waals surface area contributed by atoms with E-state index < -0.39 is 0 Å². The van der Waals surface area contributed by atoms with E-state index in [1.807, 2.05) is 6.92 Å². The minimum absolute atomic E-state index is 0.00486. The molecule has 0 aliphatic heterocycles. The first kappa shape index (κ1) is 18.0. The molecule has 0 spiro atoms. The summed E-state index contributed by atoms with van der Waals surface area (Å²) < 4.78 is 5.20. The molecule has 0 unspecified atom stereocenters. The quantitative estimate of drug-likeness (QED) is 0.552. The van der Waals surface area contributed by atoms with Crippen molar-refractivity contribution in [2.24, 2.45) is 0 Å². The monoisotopic (exact) mass is 337 g/mol. The number of anilines is 1. The van der Waals surface area contributed by atoms with Crippen LogP contribution in [0.25, 0.3) is 0 Å². The number of aryl methyl sites for hydroxylation is 1. The first-order valence-electron chi connectivity index (χ1n) is 8.78. The fourth-order valence-electron chi connectivity index (χ4n) is 2.97. The maximum atomic E-state index is 12.3. The zero-order valence-electron chi connectivity index (χ0n) is 14.2. The van der Waals surface area contributed by atoms with Gasteiger partial charge in [0.25, 0.3) is 0 Å². The number of hydrogen-bond donors (Lipinski definition) is 1. The summed E-state index contributed by atoms with van der Waals surface area (Å²) >= 11 is 1.56. The van der Waals surface area contributed by atoms with Crippen molar-refractivity contribution in [1.82, 2.24) is 0 Å². The van der Waals surface area contributed by atoms with Crippen molar-refractivity contribution in [3.8, 4) is 0 Å². The van der Waals surface area contributed by atoms with E-state index in [0.29, 0.717) is 23.6 Å². The van der Waals surface area contributed by atoms with Gasteiger partial charge in [0.2, 0.25) is 5.91 Å². The van der Waals surface area contributed by atoms with E-state index in [1.54, 1.807) is 11.3 Å². The molecule has 0 radical (unpaired) electrons. The highest BCUT2D eigenvalue weighted by Crippen LogP contribution is 2.38. The van der Waals surface area contributed by atoms with Gasteiger partial charge in [-0.3, -0.25) is 4.79 Å². The average Bonchev–Trinajstić information content (AvgIpc) is 2.89. The molecule has 0 bridgehead atoms. The Morgan fingerprint density at radius 3 is 2.65 bits per heavy atom. The van der Waals surface area contributed by atoms with Gasteiger partial charge in [0, 0.05) is 11.3 Å². The molecule has 128 valence electrons. The predicted octanol–water partition coefficient (Wildman–Crippen LogP) is 4.71. The number of thiophene rings is 1. The van der Waals surface area contributed by atoms with E-state index in [-0.39, 0.29) is 11.9 Å².